The molecule has 1 aliphatic rings. The molecule has 1 saturated heterocycles. The van der Waals surface area contributed by atoms with Crippen LogP contribution in [0.25, 0.3) is 0 Å². The second-order valence-corrected chi connectivity index (χ2v) is 8.99. The lowest BCUT2D eigenvalue weighted by Gasteiger charge is -2.27. The number of ether oxygens (including phenoxy) is 3. The highest BCUT2D eigenvalue weighted by molar-refractivity contribution is 5.76. The van der Waals surface area contributed by atoms with Crippen LogP contribution in [-0.2, 0) is 23.8 Å². The third-order valence-corrected chi connectivity index (χ3v) is 4.49. The summed E-state index contributed by atoms with van der Waals surface area (Å²) in [5, 5.41) is 0. The van der Waals surface area contributed by atoms with Crippen LogP contribution in [0.2, 0.25) is 0 Å². The van der Waals surface area contributed by atoms with Crippen molar-refractivity contribution in [1.82, 2.24) is 0 Å². The molecule has 5 nitrogen and oxygen atoms in total. The summed E-state index contributed by atoms with van der Waals surface area (Å²) in [6, 6.07) is 0. The summed E-state index contributed by atoms with van der Waals surface area (Å²) in [5.41, 5.74) is -1.26. The van der Waals surface area contributed by atoms with Gasteiger partial charge in [0.15, 0.2) is 6.10 Å². The third-order valence-electron chi connectivity index (χ3n) is 4.49. The average molecular weight is 342 g/mol. The van der Waals surface area contributed by atoms with E-state index in [0.717, 1.165) is 6.42 Å². The predicted molar refractivity (Wildman–Crippen MR) is 92.2 cm³/mol. The lowest BCUT2D eigenvalue weighted by Crippen LogP contribution is -2.39. The first-order valence-corrected chi connectivity index (χ1v) is 8.86. The van der Waals surface area contributed by atoms with Crippen molar-refractivity contribution >= 4 is 11.9 Å². The molecule has 24 heavy (non-hydrogen) atoms. The molecule has 1 heterocycles. The quantitative estimate of drug-likeness (QED) is 0.724. The second kappa shape index (κ2) is 7.42. The van der Waals surface area contributed by atoms with Crippen molar-refractivity contribution in [2.75, 3.05) is 0 Å². The molecule has 0 bridgehead atoms. The van der Waals surface area contributed by atoms with Gasteiger partial charge in [-0.05, 0) is 47.5 Å². The lowest BCUT2D eigenvalue weighted by molar-refractivity contribution is -0.207. The van der Waals surface area contributed by atoms with Crippen LogP contribution in [-0.4, -0.2) is 30.4 Å². The van der Waals surface area contributed by atoms with Gasteiger partial charge in [0, 0.05) is 5.92 Å². The van der Waals surface area contributed by atoms with E-state index in [-0.39, 0.29) is 29.9 Å². The van der Waals surface area contributed by atoms with Crippen LogP contribution in [0.5, 0.6) is 0 Å². The largest absolute Gasteiger partial charge is 0.455 e. The second-order valence-electron chi connectivity index (χ2n) is 8.99. The summed E-state index contributed by atoms with van der Waals surface area (Å²) in [6.45, 7) is 16.9. The Morgan fingerprint density at radius 3 is 1.88 bits per heavy atom. The molecule has 0 amide bonds. The Kier molecular flexibility index (Phi) is 6.48. The van der Waals surface area contributed by atoms with E-state index < -0.39 is 23.2 Å². The van der Waals surface area contributed by atoms with Crippen LogP contribution in [0.15, 0.2) is 0 Å². The van der Waals surface area contributed by atoms with Gasteiger partial charge in [-0.1, -0.05) is 27.2 Å². The molecular formula is C19H34O5. The Hall–Kier alpha value is -1.10. The molecule has 5 atom stereocenters. The number of hydrogen-bond acceptors (Lipinski definition) is 5. The molecule has 0 radical (unpaired) electrons. The van der Waals surface area contributed by atoms with Crippen molar-refractivity contribution in [3.63, 3.8) is 0 Å². The van der Waals surface area contributed by atoms with Gasteiger partial charge in [-0.2, -0.15) is 0 Å². The molecule has 0 aromatic heterocycles. The van der Waals surface area contributed by atoms with Crippen molar-refractivity contribution < 1.29 is 23.8 Å². The normalized spacial score (nSPS) is 29.2. The maximum absolute atomic E-state index is 12.3. The van der Waals surface area contributed by atoms with E-state index in [2.05, 4.69) is 13.8 Å². The van der Waals surface area contributed by atoms with E-state index in [0.29, 0.717) is 0 Å². The molecule has 1 aliphatic heterocycles. The van der Waals surface area contributed by atoms with Crippen LogP contribution in [0.1, 0.15) is 68.7 Å². The molecule has 0 saturated carbocycles. The Balaban J connectivity index is 2.99. The summed E-state index contributed by atoms with van der Waals surface area (Å²) in [7, 11) is 0. The van der Waals surface area contributed by atoms with Gasteiger partial charge >= 0.3 is 11.9 Å². The lowest BCUT2D eigenvalue weighted by atomic mass is 9.89. The molecule has 0 aliphatic carbocycles. The van der Waals surface area contributed by atoms with Crippen molar-refractivity contribution in [3.8, 4) is 0 Å². The summed E-state index contributed by atoms with van der Waals surface area (Å²) in [4.78, 5) is 24.6. The standard InChI is InChI=1S/C19H34O5/c1-10-11(2)13-12(3)14(23-16(20)18(4,5)6)15(22-13)24-17(21)19(7,8)9/h11-15H,10H2,1-9H3/t11-,12-,13-,14+,15-/m0/s1. The summed E-state index contributed by atoms with van der Waals surface area (Å²) in [5.74, 6) is -0.427. The van der Waals surface area contributed by atoms with Crippen molar-refractivity contribution in [2.24, 2.45) is 22.7 Å². The monoisotopic (exact) mass is 342 g/mol. The average Bonchev–Trinajstić information content (AvgIpc) is 2.73. The molecule has 5 heteroatoms. The zero-order valence-corrected chi connectivity index (χ0v) is 16.6. The van der Waals surface area contributed by atoms with Gasteiger partial charge in [-0.15, -0.1) is 0 Å². The van der Waals surface area contributed by atoms with Crippen molar-refractivity contribution in [1.29, 1.82) is 0 Å². The zero-order chi connectivity index (χ0) is 18.9. The van der Waals surface area contributed by atoms with E-state index in [1.807, 2.05) is 6.92 Å². The number of carbonyl (C=O) groups excluding carboxylic acids is 2. The Labute approximate surface area is 146 Å². The fraction of sp³-hybridized carbons (Fsp3) is 0.895. The summed E-state index contributed by atoms with van der Waals surface area (Å²) >= 11 is 0. The maximum Gasteiger partial charge on any atom is 0.313 e. The van der Waals surface area contributed by atoms with Crippen LogP contribution in [0, 0.1) is 22.7 Å². The van der Waals surface area contributed by atoms with Crippen LogP contribution < -0.4 is 0 Å². The molecule has 0 spiro atoms. The Morgan fingerprint density at radius 2 is 1.46 bits per heavy atom. The fourth-order valence-corrected chi connectivity index (χ4v) is 2.52. The highest BCUT2D eigenvalue weighted by atomic mass is 16.7. The first kappa shape index (κ1) is 20.9. The number of esters is 2. The molecule has 0 N–H and O–H groups in total. The molecule has 140 valence electrons. The van der Waals surface area contributed by atoms with Gasteiger partial charge in [0.25, 0.3) is 0 Å². The van der Waals surface area contributed by atoms with Crippen molar-refractivity contribution in [3.05, 3.63) is 0 Å². The summed E-state index contributed by atoms with van der Waals surface area (Å²) in [6.07, 6.45) is -0.598. The molecule has 1 rings (SSSR count). The van der Waals surface area contributed by atoms with Crippen LogP contribution in [0.4, 0.5) is 0 Å². The third kappa shape index (κ3) is 4.95. The van der Waals surface area contributed by atoms with Gasteiger partial charge in [0.2, 0.25) is 6.29 Å². The van der Waals surface area contributed by atoms with E-state index in [1.54, 1.807) is 41.5 Å². The number of carbonyl (C=O) groups is 2. The van der Waals surface area contributed by atoms with E-state index in [4.69, 9.17) is 14.2 Å². The van der Waals surface area contributed by atoms with Gasteiger partial charge in [-0.3, -0.25) is 9.59 Å². The van der Waals surface area contributed by atoms with Gasteiger partial charge < -0.3 is 14.2 Å². The molecule has 1 fully saturated rings. The Morgan fingerprint density at radius 1 is 1.00 bits per heavy atom. The molecule has 0 aromatic rings. The number of hydrogen-bond donors (Lipinski definition) is 0. The first-order valence-electron chi connectivity index (χ1n) is 8.86. The minimum Gasteiger partial charge on any atom is -0.455 e. The minimum atomic E-state index is -0.850. The number of rotatable bonds is 4. The smallest absolute Gasteiger partial charge is 0.313 e. The van der Waals surface area contributed by atoms with Crippen LogP contribution in [0.3, 0.4) is 0 Å². The summed E-state index contributed by atoms with van der Waals surface area (Å²) < 4.78 is 17.3. The highest BCUT2D eigenvalue weighted by Gasteiger charge is 2.49. The molecule has 0 unspecified atom stereocenters. The van der Waals surface area contributed by atoms with Gasteiger partial charge in [0.05, 0.1) is 16.9 Å². The van der Waals surface area contributed by atoms with E-state index in [9.17, 15) is 9.59 Å². The van der Waals surface area contributed by atoms with Gasteiger partial charge in [-0.25, -0.2) is 0 Å². The maximum atomic E-state index is 12.3. The highest BCUT2D eigenvalue weighted by Crippen LogP contribution is 2.37. The Bertz CT molecular complexity index is 457. The van der Waals surface area contributed by atoms with E-state index >= 15 is 0 Å². The minimum absolute atomic E-state index is 0.0379. The molecule has 0 aromatic carbocycles. The van der Waals surface area contributed by atoms with Gasteiger partial charge in [0.1, 0.15) is 0 Å². The van der Waals surface area contributed by atoms with Crippen molar-refractivity contribution in [2.45, 2.75) is 87.2 Å². The van der Waals surface area contributed by atoms with E-state index in [1.165, 1.54) is 0 Å². The fourth-order valence-electron chi connectivity index (χ4n) is 2.52. The zero-order valence-electron chi connectivity index (χ0n) is 16.6. The molecular weight excluding hydrogens is 308 g/mol. The first-order chi connectivity index (χ1) is 10.8. The topological polar surface area (TPSA) is 61.8 Å². The van der Waals surface area contributed by atoms with Crippen LogP contribution >= 0.6 is 0 Å². The SMILES string of the molecule is CC[C@H](C)[C@@H]1O[C@@H](OC(=O)C(C)(C)C)[C@H](OC(=O)C(C)(C)C)[C@H]1C. The predicted octanol–water partition coefficient (Wildman–Crippen LogP) is 3.94.